The van der Waals surface area contributed by atoms with E-state index in [2.05, 4.69) is 10.8 Å². The number of carbonyl (C=O) groups excluding carboxylic acids is 3. The zero-order valence-electron chi connectivity index (χ0n) is 16.9. The van der Waals surface area contributed by atoms with E-state index in [-0.39, 0.29) is 53.0 Å². The van der Waals surface area contributed by atoms with Crippen LogP contribution in [0.25, 0.3) is 0 Å². The Morgan fingerprint density at radius 3 is 2.72 bits per heavy atom. The molecule has 0 aromatic carbocycles. The third-order valence-corrected chi connectivity index (χ3v) is 6.02. The van der Waals surface area contributed by atoms with E-state index in [1.54, 1.807) is 6.92 Å². The zero-order chi connectivity index (χ0) is 21.1. The van der Waals surface area contributed by atoms with Gasteiger partial charge in [0.05, 0.1) is 24.3 Å². The monoisotopic (exact) mass is 406 g/mol. The van der Waals surface area contributed by atoms with E-state index in [1.807, 2.05) is 18.7 Å². The van der Waals surface area contributed by atoms with Crippen molar-refractivity contribution >= 4 is 17.7 Å². The summed E-state index contributed by atoms with van der Waals surface area (Å²) in [5, 5.41) is 3.32. The van der Waals surface area contributed by atoms with Crippen molar-refractivity contribution in [3.63, 3.8) is 0 Å². The molecule has 10 heteroatoms. The first-order valence-corrected chi connectivity index (χ1v) is 9.67. The van der Waals surface area contributed by atoms with Gasteiger partial charge in [0.1, 0.15) is 12.3 Å². The fourth-order valence-electron chi connectivity index (χ4n) is 4.69. The van der Waals surface area contributed by atoms with Gasteiger partial charge in [0.25, 0.3) is 0 Å². The number of piperazine rings is 1. The lowest BCUT2D eigenvalue weighted by Crippen LogP contribution is -2.55. The summed E-state index contributed by atoms with van der Waals surface area (Å²) in [6, 6.07) is 0.0789. The summed E-state index contributed by atoms with van der Waals surface area (Å²) < 4.78 is 11.0. The van der Waals surface area contributed by atoms with Gasteiger partial charge in [-0.25, -0.2) is 4.79 Å². The standard InChI is InChI=1S/C19H26N4O6/c1-8(2)6-29-22-13-9(3)15(24)14-12(16(13)25)10(7-28-18(20)26)19(27-4)17-11(21-17)5-23(14)19/h8,10-11,17,21-22H,5-7H2,1-4H3,(H2,20,26)/t10-,11+,17+,19-/m1/s1. The van der Waals surface area contributed by atoms with Crippen molar-refractivity contribution in [3.8, 4) is 0 Å². The summed E-state index contributed by atoms with van der Waals surface area (Å²) in [6.45, 7) is 6.29. The van der Waals surface area contributed by atoms with Gasteiger partial charge < -0.3 is 25.4 Å². The number of allylic oxidation sites excluding steroid dienone is 2. The molecule has 0 aromatic heterocycles. The van der Waals surface area contributed by atoms with Crippen LogP contribution in [0.15, 0.2) is 22.5 Å². The lowest BCUT2D eigenvalue weighted by atomic mass is 9.82. The number of ketones is 2. The van der Waals surface area contributed by atoms with Crippen LogP contribution in [0.5, 0.6) is 0 Å². The van der Waals surface area contributed by atoms with E-state index >= 15 is 0 Å². The van der Waals surface area contributed by atoms with Crippen molar-refractivity contribution in [1.29, 1.82) is 0 Å². The minimum Gasteiger partial charge on any atom is -0.449 e. The predicted molar refractivity (Wildman–Crippen MR) is 99.8 cm³/mol. The topological polar surface area (TPSA) is 142 Å². The number of nitrogens with zero attached hydrogens (tertiary/aromatic N) is 1. The smallest absolute Gasteiger partial charge is 0.404 e. The number of nitrogens with two attached hydrogens (primary N) is 1. The van der Waals surface area contributed by atoms with Crippen molar-refractivity contribution in [2.45, 2.75) is 38.6 Å². The third kappa shape index (κ3) is 2.77. The molecule has 0 bridgehead atoms. The summed E-state index contributed by atoms with van der Waals surface area (Å²) in [6.07, 6.45) is -0.949. The molecule has 2 fully saturated rings. The lowest BCUT2D eigenvalue weighted by Gasteiger charge is -2.39. The maximum Gasteiger partial charge on any atom is 0.404 e. The van der Waals surface area contributed by atoms with Gasteiger partial charge in [-0.1, -0.05) is 13.8 Å². The summed E-state index contributed by atoms with van der Waals surface area (Å²) in [5.41, 5.74) is 7.83. The van der Waals surface area contributed by atoms with E-state index in [1.165, 1.54) is 7.11 Å². The molecule has 4 rings (SSSR count). The van der Waals surface area contributed by atoms with Gasteiger partial charge in [0.2, 0.25) is 11.6 Å². The van der Waals surface area contributed by atoms with Crippen molar-refractivity contribution in [1.82, 2.24) is 15.7 Å². The van der Waals surface area contributed by atoms with Crippen LogP contribution in [0.1, 0.15) is 20.8 Å². The molecule has 10 nitrogen and oxygen atoms in total. The molecule has 29 heavy (non-hydrogen) atoms. The second-order valence-electron chi connectivity index (χ2n) is 8.23. The van der Waals surface area contributed by atoms with Crippen LogP contribution >= 0.6 is 0 Å². The SMILES string of the molecule is CO[C@@]12[C@H](COC(N)=O)C3=C(C(=O)C(C)=C(NOCC(C)C)C3=O)N1C[C@@H]1N[C@@H]12. The van der Waals surface area contributed by atoms with Gasteiger partial charge in [-0.15, -0.1) is 0 Å². The van der Waals surface area contributed by atoms with Crippen LogP contribution in [-0.2, 0) is 23.9 Å². The van der Waals surface area contributed by atoms with Crippen LogP contribution in [0.2, 0.25) is 0 Å². The summed E-state index contributed by atoms with van der Waals surface area (Å²) >= 11 is 0. The number of carbonyl (C=O) groups is 3. The van der Waals surface area contributed by atoms with Gasteiger partial charge in [0.15, 0.2) is 5.72 Å². The number of hydrogen-bond donors (Lipinski definition) is 3. The van der Waals surface area contributed by atoms with E-state index in [0.717, 1.165) is 0 Å². The van der Waals surface area contributed by atoms with Crippen LogP contribution in [0, 0.1) is 11.8 Å². The second kappa shape index (κ2) is 6.82. The predicted octanol–water partition coefficient (Wildman–Crippen LogP) is -0.433. The molecular formula is C19H26N4O6. The molecule has 1 aliphatic carbocycles. The third-order valence-electron chi connectivity index (χ3n) is 6.02. The van der Waals surface area contributed by atoms with Gasteiger partial charge in [0, 0.05) is 30.8 Å². The van der Waals surface area contributed by atoms with Crippen LogP contribution in [0.4, 0.5) is 4.79 Å². The number of nitrogens with one attached hydrogen (secondary N) is 2. The maximum atomic E-state index is 13.4. The lowest BCUT2D eigenvalue weighted by molar-refractivity contribution is -0.137. The van der Waals surface area contributed by atoms with E-state index < -0.39 is 17.7 Å². The summed E-state index contributed by atoms with van der Waals surface area (Å²) in [5.74, 6) is -1.04. The molecule has 4 atom stereocenters. The number of methoxy groups -OCH3 is 1. The molecule has 0 radical (unpaired) electrons. The Labute approximate surface area is 168 Å². The normalized spacial score (nSPS) is 32.6. The van der Waals surface area contributed by atoms with Crippen molar-refractivity contribution < 1.29 is 28.7 Å². The molecule has 4 aliphatic rings. The molecule has 0 unspecified atom stereocenters. The van der Waals surface area contributed by atoms with E-state index in [4.69, 9.17) is 20.0 Å². The highest BCUT2D eigenvalue weighted by Crippen LogP contribution is 2.55. The van der Waals surface area contributed by atoms with Crippen molar-refractivity contribution in [2.75, 3.05) is 26.9 Å². The Kier molecular flexibility index (Phi) is 4.67. The number of rotatable bonds is 7. The minimum absolute atomic E-state index is 0.0749. The van der Waals surface area contributed by atoms with Gasteiger partial charge in [-0.2, -0.15) is 0 Å². The van der Waals surface area contributed by atoms with E-state index in [9.17, 15) is 14.4 Å². The molecule has 4 N–H and O–H groups in total. The Balaban J connectivity index is 1.71. The second-order valence-corrected chi connectivity index (χ2v) is 8.23. The number of hydrogen-bond acceptors (Lipinski definition) is 9. The molecular weight excluding hydrogens is 380 g/mol. The van der Waals surface area contributed by atoms with Crippen LogP contribution in [0.3, 0.4) is 0 Å². The Morgan fingerprint density at radius 2 is 2.10 bits per heavy atom. The van der Waals surface area contributed by atoms with Gasteiger partial charge in [-0.3, -0.25) is 19.9 Å². The van der Waals surface area contributed by atoms with Crippen molar-refractivity contribution in [3.05, 3.63) is 22.5 Å². The molecule has 3 heterocycles. The molecule has 0 spiro atoms. The highest BCUT2D eigenvalue weighted by atomic mass is 16.6. The molecule has 1 amide bonds. The number of Topliss-reactive ketones (excluding diaryl/α,β-unsaturated/α-hetero) is 2. The highest BCUT2D eigenvalue weighted by Gasteiger charge is 2.72. The average molecular weight is 406 g/mol. The highest BCUT2D eigenvalue weighted by molar-refractivity contribution is 6.25. The van der Waals surface area contributed by atoms with Crippen molar-refractivity contribution in [2.24, 2.45) is 17.6 Å². The van der Waals surface area contributed by atoms with Gasteiger partial charge in [-0.05, 0) is 12.8 Å². The Hall–Kier alpha value is -2.43. The summed E-state index contributed by atoms with van der Waals surface area (Å²) in [4.78, 5) is 45.2. The fraction of sp³-hybridized carbons (Fsp3) is 0.632. The number of primary amides is 1. The molecule has 0 aromatic rings. The maximum absolute atomic E-state index is 13.4. The first kappa shape index (κ1) is 19.9. The number of hydroxylamine groups is 1. The van der Waals surface area contributed by atoms with Gasteiger partial charge >= 0.3 is 6.09 Å². The van der Waals surface area contributed by atoms with Crippen LogP contribution < -0.4 is 16.5 Å². The van der Waals surface area contributed by atoms with Crippen LogP contribution in [-0.4, -0.2) is 67.2 Å². The average Bonchev–Trinajstić information content (AvgIpc) is 3.27. The summed E-state index contributed by atoms with van der Waals surface area (Å²) in [7, 11) is 1.53. The van der Waals surface area contributed by atoms with E-state index in [0.29, 0.717) is 18.8 Å². The molecule has 2 saturated heterocycles. The molecule has 0 saturated carbocycles. The number of fused-ring (bicyclic) bond motifs is 4. The first-order valence-electron chi connectivity index (χ1n) is 9.67. The quantitative estimate of drug-likeness (QED) is 0.291. The fourth-order valence-corrected chi connectivity index (χ4v) is 4.69. The molecule has 3 aliphatic heterocycles. The minimum atomic E-state index is -0.982. The zero-order valence-corrected chi connectivity index (χ0v) is 16.9. The Bertz CT molecular complexity index is 850. The molecule has 158 valence electrons. The Morgan fingerprint density at radius 1 is 1.38 bits per heavy atom. The largest absolute Gasteiger partial charge is 0.449 e. The number of amides is 1. The number of ether oxygens (including phenoxy) is 2. The first-order chi connectivity index (χ1) is 13.7.